The van der Waals surface area contributed by atoms with E-state index in [-0.39, 0.29) is 12.5 Å². The molecule has 1 aromatic carbocycles. The second-order valence-electron chi connectivity index (χ2n) is 4.49. The molecule has 0 spiro atoms. The van der Waals surface area contributed by atoms with Crippen molar-refractivity contribution >= 4 is 34.0 Å². The van der Waals surface area contributed by atoms with Crippen molar-refractivity contribution in [2.45, 2.75) is 12.5 Å². The summed E-state index contributed by atoms with van der Waals surface area (Å²) in [4.78, 5) is 17.0. The number of nitrogens with one attached hydrogen (secondary N) is 1. The molecule has 2 rings (SSSR count). The molecule has 112 valence electrons. The van der Waals surface area contributed by atoms with Crippen LogP contribution in [0.15, 0.2) is 30.5 Å². The summed E-state index contributed by atoms with van der Waals surface area (Å²) in [5.74, 6) is -0.305. The Morgan fingerprint density at radius 2 is 2.38 bits per heavy atom. The Labute approximate surface area is 132 Å². The lowest BCUT2D eigenvalue weighted by molar-refractivity contribution is -0.118. The number of hydrogen-bond acceptors (Lipinski definition) is 5. The number of halogens is 1. The summed E-state index contributed by atoms with van der Waals surface area (Å²) < 4.78 is 4.84. The smallest absolute Gasteiger partial charge is 0.245 e. The molecule has 0 radical (unpaired) electrons. The highest BCUT2D eigenvalue weighted by Gasteiger charge is 2.14. The number of anilines is 1. The molecule has 1 aromatic heterocycles. The van der Waals surface area contributed by atoms with E-state index in [1.165, 1.54) is 18.4 Å². The summed E-state index contributed by atoms with van der Waals surface area (Å²) in [7, 11) is 1.50. The van der Waals surface area contributed by atoms with Crippen molar-refractivity contribution in [3.63, 3.8) is 0 Å². The van der Waals surface area contributed by atoms with Crippen molar-refractivity contribution in [2.24, 2.45) is 5.73 Å². The van der Waals surface area contributed by atoms with E-state index in [9.17, 15) is 4.79 Å². The van der Waals surface area contributed by atoms with Crippen LogP contribution in [0.4, 0.5) is 5.13 Å². The van der Waals surface area contributed by atoms with E-state index in [4.69, 9.17) is 22.1 Å². The van der Waals surface area contributed by atoms with Gasteiger partial charge in [0.25, 0.3) is 0 Å². The largest absolute Gasteiger partial charge is 0.383 e. The average molecular weight is 326 g/mol. The third-order valence-corrected chi connectivity index (χ3v) is 3.88. The Balaban J connectivity index is 1.97. The number of methoxy groups -OCH3 is 1. The normalized spacial score (nSPS) is 12.1. The molecule has 0 saturated heterocycles. The molecule has 0 fully saturated rings. The van der Waals surface area contributed by atoms with Gasteiger partial charge in [-0.25, -0.2) is 4.98 Å². The molecule has 3 N–H and O–H groups in total. The molecule has 0 bridgehead atoms. The van der Waals surface area contributed by atoms with Crippen molar-refractivity contribution in [2.75, 3.05) is 19.0 Å². The molecule has 1 heterocycles. The minimum Gasteiger partial charge on any atom is -0.383 e. The topological polar surface area (TPSA) is 77.2 Å². The third kappa shape index (κ3) is 4.78. The van der Waals surface area contributed by atoms with E-state index in [1.807, 2.05) is 24.3 Å². The molecular weight excluding hydrogens is 310 g/mol. The van der Waals surface area contributed by atoms with Gasteiger partial charge in [0, 0.05) is 29.6 Å². The number of nitrogens with zero attached hydrogens (tertiary/aromatic N) is 1. The summed E-state index contributed by atoms with van der Waals surface area (Å²) in [6.45, 7) is 0.173. The number of aromatic nitrogens is 1. The first-order chi connectivity index (χ1) is 10.1. The quantitative estimate of drug-likeness (QED) is 0.854. The highest BCUT2D eigenvalue weighted by molar-refractivity contribution is 7.15. The van der Waals surface area contributed by atoms with Crippen molar-refractivity contribution in [3.8, 4) is 0 Å². The zero-order valence-corrected chi connectivity index (χ0v) is 13.1. The van der Waals surface area contributed by atoms with Crippen molar-refractivity contribution in [1.82, 2.24) is 4.98 Å². The van der Waals surface area contributed by atoms with Crippen LogP contribution in [0.5, 0.6) is 0 Å². The molecule has 1 atom stereocenters. The monoisotopic (exact) mass is 325 g/mol. The molecule has 2 aromatic rings. The van der Waals surface area contributed by atoms with Crippen LogP contribution >= 0.6 is 22.9 Å². The van der Waals surface area contributed by atoms with E-state index in [2.05, 4.69) is 10.3 Å². The predicted octanol–water partition coefficient (Wildman–Crippen LogP) is 2.30. The van der Waals surface area contributed by atoms with Gasteiger partial charge in [-0.2, -0.15) is 0 Å². The van der Waals surface area contributed by atoms with Crippen LogP contribution in [0.25, 0.3) is 0 Å². The van der Waals surface area contributed by atoms with Crippen LogP contribution in [0.1, 0.15) is 10.4 Å². The lowest BCUT2D eigenvalue weighted by Crippen LogP contribution is -2.39. The Bertz CT molecular complexity index is 618. The van der Waals surface area contributed by atoms with Gasteiger partial charge >= 0.3 is 0 Å². The highest BCUT2D eigenvalue weighted by Crippen LogP contribution is 2.22. The fourth-order valence-electron chi connectivity index (χ4n) is 1.75. The number of nitrogens with two attached hydrogens (primary N) is 1. The van der Waals surface area contributed by atoms with Crippen molar-refractivity contribution in [3.05, 3.63) is 45.9 Å². The zero-order chi connectivity index (χ0) is 15.2. The predicted molar refractivity (Wildman–Crippen MR) is 84.9 cm³/mol. The summed E-state index contributed by atoms with van der Waals surface area (Å²) in [5, 5.41) is 3.92. The molecular formula is C14H16ClN3O2S. The molecule has 1 unspecified atom stereocenters. The van der Waals surface area contributed by atoms with Crippen LogP contribution in [0.3, 0.4) is 0 Å². The number of amides is 1. The lowest BCUT2D eigenvalue weighted by atomic mass is 10.1. The van der Waals surface area contributed by atoms with Gasteiger partial charge in [-0.15, -0.1) is 11.3 Å². The van der Waals surface area contributed by atoms with Crippen LogP contribution in [0, 0.1) is 0 Å². The van der Waals surface area contributed by atoms with Gasteiger partial charge in [-0.05, 0) is 17.7 Å². The maximum absolute atomic E-state index is 11.7. The SMILES string of the molecule is COCC(N)C(=O)Nc1ncc(Cc2cccc(Cl)c2)s1. The first kappa shape index (κ1) is 15.9. The van der Waals surface area contributed by atoms with Crippen LogP contribution in [-0.2, 0) is 16.0 Å². The van der Waals surface area contributed by atoms with Gasteiger partial charge in [-0.1, -0.05) is 23.7 Å². The van der Waals surface area contributed by atoms with Gasteiger partial charge in [0.2, 0.25) is 5.91 Å². The Kier molecular flexibility index (Phi) is 5.69. The first-order valence-electron chi connectivity index (χ1n) is 6.33. The number of thiazole rings is 1. The molecule has 21 heavy (non-hydrogen) atoms. The van der Waals surface area contributed by atoms with E-state index < -0.39 is 6.04 Å². The molecule has 7 heteroatoms. The van der Waals surface area contributed by atoms with E-state index in [1.54, 1.807) is 6.20 Å². The van der Waals surface area contributed by atoms with Gasteiger partial charge < -0.3 is 15.8 Å². The van der Waals surface area contributed by atoms with Crippen LogP contribution < -0.4 is 11.1 Å². The Morgan fingerprint density at radius 1 is 1.57 bits per heavy atom. The number of ether oxygens (including phenoxy) is 1. The van der Waals surface area contributed by atoms with Gasteiger partial charge in [0.1, 0.15) is 6.04 Å². The zero-order valence-electron chi connectivity index (χ0n) is 11.5. The minimum atomic E-state index is -0.699. The third-order valence-electron chi connectivity index (χ3n) is 2.73. The average Bonchev–Trinajstić information content (AvgIpc) is 2.86. The molecule has 1 amide bonds. The van der Waals surface area contributed by atoms with Crippen LogP contribution in [0.2, 0.25) is 5.02 Å². The van der Waals surface area contributed by atoms with Crippen molar-refractivity contribution < 1.29 is 9.53 Å². The number of carbonyl (C=O) groups excluding carboxylic acids is 1. The first-order valence-corrected chi connectivity index (χ1v) is 7.52. The van der Waals surface area contributed by atoms with Crippen LogP contribution in [-0.4, -0.2) is 30.6 Å². The standard InChI is InChI=1S/C14H16ClN3O2S/c1-20-8-12(16)13(19)18-14-17-7-11(21-14)6-9-3-2-4-10(15)5-9/h2-5,7,12H,6,8,16H2,1H3,(H,17,18,19). The molecule has 5 nitrogen and oxygen atoms in total. The molecule has 0 aliphatic rings. The van der Waals surface area contributed by atoms with Crippen molar-refractivity contribution in [1.29, 1.82) is 0 Å². The maximum atomic E-state index is 11.7. The highest BCUT2D eigenvalue weighted by atomic mass is 35.5. The molecule has 0 aliphatic heterocycles. The summed E-state index contributed by atoms with van der Waals surface area (Å²) in [6, 6.07) is 6.95. The summed E-state index contributed by atoms with van der Waals surface area (Å²) >= 11 is 7.37. The van der Waals surface area contributed by atoms with E-state index in [0.29, 0.717) is 10.2 Å². The lowest BCUT2D eigenvalue weighted by Gasteiger charge is -2.08. The molecule has 0 aliphatic carbocycles. The molecule has 0 saturated carbocycles. The number of rotatable bonds is 6. The van der Waals surface area contributed by atoms with E-state index in [0.717, 1.165) is 16.9 Å². The Hall–Kier alpha value is -1.47. The minimum absolute atomic E-state index is 0.173. The Morgan fingerprint density at radius 3 is 3.10 bits per heavy atom. The van der Waals surface area contributed by atoms with E-state index >= 15 is 0 Å². The van der Waals surface area contributed by atoms with Gasteiger partial charge in [0.05, 0.1) is 6.61 Å². The summed E-state index contributed by atoms with van der Waals surface area (Å²) in [6.07, 6.45) is 2.46. The number of benzene rings is 1. The maximum Gasteiger partial charge on any atom is 0.245 e. The second-order valence-corrected chi connectivity index (χ2v) is 6.04. The number of carbonyl (C=O) groups is 1. The second kappa shape index (κ2) is 7.51. The summed E-state index contributed by atoms with van der Waals surface area (Å²) in [5.41, 5.74) is 6.75. The fourth-order valence-corrected chi connectivity index (χ4v) is 2.81. The fraction of sp³-hybridized carbons (Fsp3) is 0.286. The van der Waals surface area contributed by atoms with Gasteiger partial charge in [0.15, 0.2) is 5.13 Å². The number of hydrogen-bond donors (Lipinski definition) is 2. The van der Waals surface area contributed by atoms with Gasteiger partial charge in [-0.3, -0.25) is 4.79 Å².